The minimum atomic E-state index is -4.88. The molecule has 0 aliphatic carbocycles. The first kappa shape index (κ1) is 29.0. The summed E-state index contributed by atoms with van der Waals surface area (Å²) in [4.78, 5) is 4.51. The monoisotopic (exact) mass is 550 g/mol. The van der Waals surface area contributed by atoms with Crippen molar-refractivity contribution in [2.45, 2.75) is 37.7 Å². The lowest BCUT2D eigenvalue weighted by Crippen LogP contribution is -2.55. The lowest BCUT2D eigenvalue weighted by atomic mass is 9.82. The van der Waals surface area contributed by atoms with Gasteiger partial charge in [-0.05, 0) is 66.8 Å². The highest BCUT2D eigenvalue weighted by atomic mass is 19.4. The van der Waals surface area contributed by atoms with Gasteiger partial charge in [0.05, 0.1) is 18.2 Å². The summed E-state index contributed by atoms with van der Waals surface area (Å²) in [5.74, 6) is 0.802. The van der Waals surface area contributed by atoms with Gasteiger partial charge in [0, 0.05) is 38.3 Å². The molecule has 0 spiro atoms. The van der Waals surface area contributed by atoms with Gasteiger partial charge >= 0.3 is 12.4 Å². The Morgan fingerprint density at radius 1 is 0.692 bits per heavy atom. The molecule has 1 saturated heterocycles. The smallest absolute Gasteiger partial charge is 0.416 e. The topological polar surface area (TPSA) is 15.7 Å². The van der Waals surface area contributed by atoms with Crippen molar-refractivity contribution < 1.29 is 31.1 Å². The molecule has 3 aromatic rings. The zero-order valence-corrected chi connectivity index (χ0v) is 21.9. The van der Waals surface area contributed by atoms with Crippen LogP contribution in [0.15, 0.2) is 72.8 Å². The van der Waals surface area contributed by atoms with Crippen LogP contribution in [0.25, 0.3) is 0 Å². The van der Waals surface area contributed by atoms with E-state index in [0.29, 0.717) is 13.1 Å². The fraction of sp³-hybridized carbons (Fsp3) is 0.400. The van der Waals surface area contributed by atoms with Crippen molar-refractivity contribution in [2.75, 3.05) is 39.8 Å². The summed E-state index contributed by atoms with van der Waals surface area (Å²) in [5.41, 5.74) is -1.32. The van der Waals surface area contributed by atoms with Gasteiger partial charge in [-0.1, -0.05) is 42.5 Å². The van der Waals surface area contributed by atoms with Crippen molar-refractivity contribution in [2.24, 2.45) is 0 Å². The summed E-state index contributed by atoms with van der Waals surface area (Å²) < 4.78 is 86.4. The van der Waals surface area contributed by atoms with E-state index >= 15 is 0 Å². The van der Waals surface area contributed by atoms with E-state index in [1.165, 1.54) is 5.56 Å². The highest BCUT2D eigenvalue weighted by Gasteiger charge is 2.40. The molecule has 1 aliphatic rings. The Bertz CT molecular complexity index is 1190. The quantitative estimate of drug-likeness (QED) is 0.280. The van der Waals surface area contributed by atoms with Crippen molar-refractivity contribution in [3.63, 3.8) is 0 Å². The van der Waals surface area contributed by atoms with Crippen molar-refractivity contribution >= 4 is 0 Å². The van der Waals surface area contributed by atoms with Crippen LogP contribution in [0.2, 0.25) is 0 Å². The average Bonchev–Trinajstić information content (AvgIpc) is 2.92. The van der Waals surface area contributed by atoms with E-state index in [1.54, 1.807) is 7.11 Å². The van der Waals surface area contributed by atoms with Crippen LogP contribution in [0.5, 0.6) is 5.75 Å². The predicted molar refractivity (Wildman–Crippen MR) is 139 cm³/mol. The molecule has 39 heavy (non-hydrogen) atoms. The summed E-state index contributed by atoms with van der Waals surface area (Å²) in [6.45, 7) is 5.52. The maximum Gasteiger partial charge on any atom is 0.416 e. The SMILES string of the molecule is COc1ccc(CCN2CCN(C(C)(Cc3cc(C(F)(F)F)cc(C(F)(F)F)c3)c3ccccc3)CC2)cc1. The summed E-state index contributed by atoms with van der Waals surface area (Å²) in [5, 5.41) is 0. The molecule has 1 aliphatic heterocycles. The number of ether oxygens (including phenoxy) is 1. The molecule has 0 saturated carbocycles. The Morgan fingerprint density at radius 2 is 1.26 bits per heavy atom. The third-order valence-electron chi connectivity index (χ3n) is 7.54. The first-order valence-corrected chi connectivity index (χ1v) is 12.8. The zero-order valence-electron chi connectivity index (χ0n) is 21.9. The molecule has 0 N–H and O–H groups in total. The van der Waals surface area contributed by atoms with Crippen molar-refractivity contribution in [1.29, 1.82) is 0 Å². The molecule has 4 rings (SSSR count). The van der Waals surface area contributed by atoms with E-state index in [4.69, 9.17) is 4.74 Å². The number of hydrogen-bond donors (Lipinski definition) is 0. The molecular formula is C30H32F6N2O. The van der Waals surface area contributed by atoms with Gasteiger partial charge in [-0.2, -0.15) is 26.3 Å². The highest BCUT2D eigenvalue weighted by Crippen LogP contribution is 2.39. The molecule has 3 nitrogen and oxygen atoms in total. The van der Waals surface area contributed by atoms with Crippen LogP contribution in [0, 0.1) is 0 Å². The van der Waals surface area contributed by atoms with E-state index in [0.717, 1.165) is 49.5 Å². The first-order valence-electron chi connectivity index (χ1n) is 12.8. The second-order valence-corrected chi connectivity index (χ2v) is 10.2. The lowest BCUT2D eigenvalue weighted by molar-refractivity contribution is -0.143. The largest absolute Gasteiger partial charge is 0.497 e. The molecule has 1 atom stereocenters. The Morgan fingerprint density at radius 3 is 1.77 bits per heavy atom. The van der Waals surface area contributed by atoms with Crippen LogP contribution in [0.1, 0.15) is 34.7 Å². The molecule has 0 radical (unpaired) electrons. The van der Waals surface area contributed by atoms with Crippen LogP contribution in [-0.2, 0) is 30.7 Å². The fourth-order valence-electron chi connectivity index (χ4n) is 5.26. The number of benzene rings is 3. The second kappa shape index (κ2) is 11.6. The summed E-state index contributed by atoms with van der Waals surface area (Å²) in [7, 11) is 1.62. The van der Waals surface area contributed by atoms with Gasteiger partial charge in [0.25, 0.3) is 0 Å². The summed E-state index contributed by atoms with van der Waals surface area (Å²) >= 11 is 0. The minimum absolute atomic E-state index is 0.00504. The molecular weight excluding hydrogens is 518 g/mol. The standard InChI is InChI=1S/C30H32F6N2O/c1-28(24-6-4-3-5-7-24,21-23-18-25(29(31,32)33)20-26(19-23)30(34,35)36)38-16-14-37(15-17-38)13-12-22-8-10-27(39-2)11-9-22/h3-11,18-20H,12-17,21H2,1-2H3. The third-order valence-corrected chi connectivity index (χ3v) is 7.54. The normalized spacial score (nSPS) is 17.1. The molecule has 0 amide bonds. The minimum Gasteiger partial charge on any atom is -0.497 e. The number of nitrogens with zero attached hydrogens (tertiary/aromatic N) is 2. The zero-order chi connectivity index (χ0) is 28.3. The molecule has 1 fully saturated rings. The van der Waals surface area contributed by atoms with Gasteiger partial charge in [-0.3, -0.25) is 4.90 Å². The second-order valence-electron chi connectivity index (χ2n) is 10.2. The van der Waals surface area contributed by atoms with E-state index in [-0.39, 0.29) is 18.1 Å². The van der Waals surface area contributed by atoms with Crippen LogP contribution in [-0.4, -0.2) is 49.6 Å². The van der Waals surface area contributed by atoms with Gasteiger partial charge < -0.3 is 9.64 Å². The van der Waals surface area contributed by atoms with Crippen molar-refractivity contribution in [3.8, 4) is 5.75 Å². The van der Waals surface area contributed by atoms with E-state index in [9.17, 15) is 26.3 Å². The van der Waals surface area contributed by atoms with Gasteiger partial charge in [0.15, 0.2) is 0 Å². The van der Waals surface area contributed by atoms with E-state index in [1.807, 2.05) is 61.5 Å². The van der Waals surface area contributed by atoms with Gasteiger partial charge in [-0.25, -0.2) is 0 Å². The Hall–Kier alpha value is -3.04. The van der Waals surface area contributed by atoms with Gasteiger partial charge in [-0.15, -0.1) is 0 Å². The van der Waals surface area contributed by atoms with Crippen LogP contribution in [0.3, 0.4) is 0 Å². The summed E-state index contributed by atoms with van der Waals surface area (Å²) in [6, 6.07) is 19.1. The lowest BCUT2D eigenvalue weighted by Gasteiger charge is -2.46. The molecule has 0 aromatic heterocycles. The maximum absolute atomic E-state index is 13.5. The molecule has 1 unspecified atom stereocenters. The molecule has 3 aromatic carbocycles. The molecule has 210 valence electrons. The third kappa shape index (κ3) is 7.13. The Kier molecular flexibility index (Phi) is 8.61. The van der Waals surface area contributed by atoms with Crippen molar-refractivity contribution in [3.05, 3.63) is 101 Å². The number of halogens is 6. The molecule has 1 heterocycles. The number of alkyl halides is 6. The number of methoxy groups -OCH3 is 1. The molecule has 9 heteroatoms. The van der Waals surface area contributed by atoms with Crippen LogP contribution < -0.4 is 4.74 Å². The Balaban J connectivity index is 1.54. The first-order chi connectivity index (χ1) is 18.4. The Labute approximate surface area is 225 Å². The molecule has 0 bridgehead atoms. The number of rotatable bonds is 8. The van der Waals surface area contributed by atoms with Gasteiger partial charge in [0.2, 0.25) is 0 Å². The van der Waals surface area contributed by atoms with E-state index in [2.05, 4.69) is 9.80 Å². The average molecular weight is 551 g/mol. The fourth-order valence-corrected chi connectivity index (χ4v) is 5.26. The van der Waals surface area contributed by atoms with Gasteiger partial charge in [0.1, 0.15) is 5.75 Å². The maximum atomic E-state index is 13.5. The van der Waals surface area contributed by atoms with Crippen LogP contribution in [0.4, 0.5) is 26.3 Å². The summed E-state index contributed by atoms with van der Waals surface area (Å²) in [6.07, 6.45) is -8.89. The highest BCUT2D eigenvalue weighted by molar-refractivity contribution is 5.36. The van der Waals surface area contributed by atoms with Crippen LogP contribution >= 0.6 is 0 Å². The van der Waals surface area contributed by atoms with Crippen molar-refractivity contribution in [1.82, 2.24) is 9.80 Å². The predicted octanol–water partition coefficient (Wildman–Crippen LogP) is 7.05. The number of hydrogen-bond acceptors (Lipinski definition) is 3. The number of piperazine rings is 1. The van der Waals surface area contributed by atoms with E-state index < -0.39 is 29.0 Å².